The van der Waals surface area contributed by atoms with Crippen LogP contribution in [0.1, 0.15) is 41.5 Å². The first-order valence-electron chi connectivity index (χ1n) is 5.02. The van der Waals surface area contributed by atoms with E-state index in [2.05, 4.69) is 0 Å². The zero-order chi connectivity index (χ0) is 12.3. The van der Waals surface area contributed by atoms with Gasteiger partial charge in [-0.05, 0) is 41.5 Å². The van der Waals surface area contributed by atoms with Gasteiger partial charge in [0.15, 0.2) is 0 Å². The SMILES string of the molecule is CCOC(=O)C(C)(C)OC(=O)C(C)(C)C. The lowest BCUT2D eigenvalue weighted by atomic mass is 9.97. The van der Waals surface area contributed by atoms with Gasteiger partial charge in [-0.25, -0.2) is 4.79 Å². The average Bonchev–Trinajstić information content (AvgIpc) is 2.02. The summed E-state index contributed by atoms with van der Waals surface area (Å²) in [5, 5.41) is 0. The van der Waals surface area contributed by atoms with Gasteiger partial charge < -0.3 is 9.47 Å². The number of carbonyl (C=O) groups excluding carboxylic acids is 2. The van der Waals surface area contributed by atoms with Crippen molar-refractivity contribution in [3.05, 3.63) is 0 Å². The van der Waals surface area contributed by atoms with Gasteiger partial charge >= 0.3 is 11.9 Å². The topological polar surface area (TPSA) is 52.6 Å². The Morgan fingerprint density at radius 3 is 1.80 bits per heavy atom. The molecule has 0 heterocycles. The molecule has 0 aromatic carbocycles. The highest BCUT2D eigenvalue weighted by Gasteiger charge is 2.37. The molecule has 0 amide bonds. The lowest BCUT2D eigenvalue weighted by molar-refractivity contribution is -0.183. The molecule has 0 atom stereocenters. The van der Waals surface area contributed by atoms with Crippen molar-refractivity contribution in [3.8, 4) is 0 Å². The zero-order valence-electron chi connectivity index (χ0n) is 10.3. The van der Waals surface area contributed by atoms with Gasteiger partial charge in [0.2, 0.25) is 5.60 Å². The smallest absolute Gasteiger partial charge is 0.349 e. The van der Waals surface area contributed by atoms with Crippen molar-refractivity contribution in [1.29, 1.82) is 0 Å². The van der Waals surface area contributed by atoms with Crippen LogP contribution in [0.25, 0.3) is 0 Å². The van der Waals surface area contributed by atoms with Gasteiger partial charge in [-0.15, -0.1) is 0 Å². The van der Waals surface area contributed by atoms with Gasteiger partial charge in [0.1, 0.15) is 0 Å². The normalized spacial score (nSPS) is 12.1. The fraction of sp³-hybridized carbons (Fsp3) is 0.818. The monoisotopic (exact) mass is 216 g/mol. The highest BCUT2D eigenvalue weighted by Crippen LogP contribution is 2.21. The van der Waals surface area contributed by atoms with Crippen LogP contribution in [0.4, 0.5) is 0 Å². The molecule has 0 aliphatic heterocycles. The summed E-state index contributed by atoms with van der Waals surface area (Å²) < 4.78 is 9.91. The summed E-state index contributed by atoms with van der Waals surface area (Å²) in [6, 6.07) is 0. The molecule has 0 radical (unpaired) electrons. The highest BCUT2D eigenvalue weighted by atomic mass is 16.6. The molecule has 88 valence electrons. The summed E-state index contributed by atoms with van der Waals surface area (Å²) in [5.41, 5.74) is -1.84. The summed E-state index contributed by atoms with van der Waals surface area (Å²) in [7, 11) is 0. The quantitative estimate of drug-likeness (QED) is 0.676. The Hall–Kier alpha value is -1.06. The van der Waals surface area contributed by atoms with E-state index >= 15 is 0 Å². The second-order valence-electron chi connectivity index (χ2n) is 4.87. The van der Waals surface area contributed by atoms with E-state index in [1.807, 2.05) is 0 Å². The van der Waals surface area contributed by atoms with Gasteiger partial charge in [0, 0.05) is 0 Å². The average molecular weight is 216 g/mol. The van der Waals surface area contributed by atoms with Crippen molar-refractivity contribution in [2.45, 2.75) is 47.1 Å². The predicted octanol–water partition coefficient (Wildman–Crippen LogP) is 1.92. The third kappa shape index (κ3) is 4.32. The Labute approximate surface area is 90.9 Å². The van der Waals surface area contributed by atoms with Crippen LogP contribution < -0.4 is 0 Å². The third-order valence-electron chi connectivity index (χ3n) is 1.73. The van der Waals surface area contributed by atoms with Crippen LogP contribution in [0, 0.1) is 5.41 Å². The molecule has 4 nitrogen and oxygen atoms in total. The maximum absolute atomic E-state index is 11.6. The molecule has 0 fully saturated rings. The van der Waals surface area contributed by atoms with Crippen molar-refractivity contribution in [3.63, 3.8) is 0 Å². The first-order chi connectivity index (χ1) is 6.61. The van der Waals surface area contributed by atoms with E-state index in [0.29, 0.717) is 0 Å². The zero-order valence-corrected chi connectivity index (χ0v) is 10.3. The van der Waals surface area contributed by atoms with Crippen LogP contribution in [0.15, 0.2) is 0 Å². The van der Waals surface area contributed by atoms with Gasteiger partial charge in [-0.3, -0.25) is 4.79 Å². The van der Waals surface area contributed by atoms with Crippen molar-refractivity contribution in [1.82, 2.24) is 0 Å². The van der Waals surface area contributed by atoms with Crippen LogP contribution in [0.3, 0.4) is 0 Å². The van der Waals surface area contributed by atoms with Crippen LogP contribution in [-0.4, -0.2) is 24.1 Å². The molecule has 0 aliphatic rings. The Kier molecular flexibility index (Phi) is 4.31. The highest BCUT2D eigenvalue weighted by molar-refractivity contribution is 5.84. The first-order valence-corrected chi connectivity index (χ1v) is 5.02. The third-order valence-corrected chi connectivity index (χ3v) is 1.73. The molecule has 0 aromatic rings. The van der Waals surface area contributed by atoms with Gasteiger partial charge in [0.25, 0.3) is 0 Å². The van der Waals surface area contributed by atoms with E-state index in [1.165, 1.54) is 13.8 Å². The minimum atomic E-state index is -1.22. The summed E-state index contributed by atoms with van der Waals surface area (Å²) in [6.07, 6.45) is 0. The second-order valence-corrected chi connectivity index (χ2v) is 4.87. The van der Waals surface area contributed by atoms with Crippen molar-refractivity contribution < 1.29 is 19.1 Å². The summed E-state index contributed by atoms with van der Waals surface area (Å²) in [4.78, 5) is 23.0. The largest absolute Gasteiger partial charge is 0.463 e. The summed E-state index contributed by atoms with van der Waals surface area (Å²) in [6.45, 7) is 10.2. The van der Waals surface area contributed by atoms with E-state index in [1.54, 1.807) is 27.7 Å². The molecule has 4 heteroatoms. The maximum atomic E-state index is 11.6. The second kappa shape index (κ2) is 4.64. The van der Waals surface area contributed by atoms with Crippen molar-refractivity contribution in [2.75, 3.05) is 6.61 Å². The molecular weight excluding hydrogens is 196 g/mol. The first kappa shape index (κ1) is 13.9. The molecule has 0 aliphatic carbocycles. The lowest BCUT2D eigenvalue weighted by Gasteiger charge is -2.27. The summed E-state index contributed by atoms with van der Waals surface area (Å²) >= 11 is 0. The van der Waals surface area contributed by atoms with E-state index in [-0.39, 0.29) is 6.61 Å². The van der Waals surface area contributed by atoms with E-state index in [4.69, 9.17) is 9.47 Å². The number of esters is 2. The van der Waals surface area contributed by atoms with Gasteiger partial charge in [-0.1, -0.05) is 0 Å². The van der Waals surface area contributed by atoms with Crippen LogP contribution >= 0.6 is 0 Å². The fourth-order valence-electron chi connectivity index (χ4n) is 0.731. The lowest BCUT2D eigenvalue weighted by Crippen LogP contribution is -2.41. The minimum absolute atomic E-state index is 0.273. The number of hydrogen-bond acceptors (Lipinski definition) is 4. The maximum Gasteiger partial charge on any atom is 0.349 e. The van der Waals surface area contributed by atoms with E-state index in [9.17, 15) is 9.59 Å². The van der Waals surface area contributed by atoms with Gasteiger partial charge in [0.05, 0.1) is 12.0 Å². The Bertz CT molecular complexity index is 248. The van der Waals surface area contributed by atoms with E-state index in [0.717, 1.165) is 0 Å². The van der Waals surface area contributed by atoms with Crippen LogP contribution in [0.5, 0.6) is 0 Å². The Morgan fingerprint density at radius 1 is 1.00 bits per heavy atom. The standard InChI is InChI=1S/C11H20O4/c1-7-14-9(13)11(5,6)15-8(12)10(2,3)4/h7H2,1-6H3. The Balaban J connectivity index is 4.51. The number of rotatable bonds is 3. The minimum Gasteiger partial charge on any atom is -0.463 e. The summed E-state index contributed by atoms with van der Waals surface area (Å²) in [5.74, 6) is -0.942. The molecule has 15 heavy (non-hydrogen) atoms. The van der Waals surface area contributed by atoms with E-state index < -0.39 is 23.0 Å². The number of hydrogen-bond donors (Lipinski definition) is 0. The fourth-order valence-corrected chi connectivity index (χ4v) is 0.731. The van der Waals surface area contributed by atoms with Crippen LogP contribution in [-0.2, 0) is 19.1 Å². The molecule has 0 rings (SSSR count). The molecule has 0 saturated heterocycles. The molecule has 0 saturated carbocycles. The molecule has 0 aromatic heterocycles. The number of ether oxygens (including phenoxy) is 2. The Morgan fingerprint density at radius 2 is 1.47 bits per heavy atom. The van der Waals surface area contributed by atoms with Gasteiger partial charge in [-0.2, -0.15) is 0 Å². The molecule has 0 N–H and O–H groups in total. The van der Waals surface area contributed by atoms with Crippen molar-refractivity contribution >= 4 is 11.9 Å². The van der Waals surface area contributed by atoms with Crippen LogP contribution in [0.2, 0.25) is 0 Å². The molecule has 0 unspecified atom stereocenters. The van der Waals surface area contributed by atoms with Crippen molar-refractivity contribution in [2.24, 2.45) is 5.41 Å². The molecular formula is C11H20O4. The predicted molar refractivity (Wildman–Crippen MR) is 56.3 cm³/mol. The number of carbonyl (C=O) groups is 2. The molecule has 0 bridgehead atoms. The molecule has 0 spiro atoms.